The molecule has 3 rings (SSSR count). The van der Waals surface area contributed by atoms with Gasteiger partial charge in [-0.3, -0.25) is 14.5 Å². The molecule has 3 aromatic rings. The zero-order valence-electron chi connectivity index (χ0n) is 15.7. The fourth-order valence-electron chi connectivity index (χ4n) is 2.68. The second-order valence-electron chi connectivity index (χ2n) is 6.22. The van der Waals surface area contributed by atoms with E-state index in [-0.39, 0.29) is 17.2 Å². The van der Waals surface area contributed by atoms with Gasteiger partial charge in [-0.25, -0.2) is 9.67 Å². The van der Waals surface area contributed by atoms with E-state index in [9.17, 15) is 9.59 Å². The maximum atomic E-state index is 13.1. The number of benzene rings is 1. The van der Waals surface area contributed by atoms with Gasteiger partial charge >= 0.3 is 0 Å². The average Bonchev–Trinajstić information content (AvgIpc) is 3.21. The molecule has 1 aromatic carbocycles. The van der Waals surface area contributed by atoms with Crippen LogP contribution in [0.5, 0.6) is 0 Å². The maximum absolute atomic E-state index is 13.1. The van der Waals surface area contributed by atoms with E-state index in [0.717, 1.165) is 24.1 Å². The molecule has 2 heterocycles. The molecule has 0 saturated heterocycles. The van der Waals surface area contributed by atoms with Crippen LogP contribution in [0.15, 0.2) is 65.3 Å². The maximum Gasteiger partial charge on any atom is 0.280 e. The minimum Gasteiger partial charge on any atom is -0.279 e. The van der Waals surface area contributed by atoms with E-state index in [2.05, 4.69) is 16.7 Å². The quantitative estimate of drug-likeness (QED) is 0.542. The number of hydrogen-bond donors (Lipinski definition) is 0. The third-order valence-corrected chi connectivity index (χ3v) is 5.02. The molecule has 0 spiro atoms. The van der Waals surface area contributed by atoms with Gasteiger partial charge in [0.05, 0.1) is 5.69 Å². The second-order valence-corrected chi connectivity index (χ2v) is 7.06. The van der Waals surface area contributed by atoms with E-state index >= 15 is 0 Å². The van der Waals surface area contributed by atoms with E-state index in [1.807, 2.05) is 42.6 Å². The van der Waals surface area contributed by atoms with E-state index in [1.165, 1.54) is 33.1 Å². The van der Waals surface area contributed by atoms with Crippen molar-refractivity contribution in [3.05, 3.63) is 76.5 Å². The van der Waals surface area contributed by atoms with Gasteiger partial charge in [0.2, 0.25) is 0 Å². The van der Waals surface area contributed by atoms with Crippen LogP contribution in [-0.4, -0.2) is 27.2 Å². The number of hydrogen-bond acceptors (Lipinski definition) is 5. The molecule has 0 bridgehead atoms. The van der Waals surface area contributed by atoms with Crippen molar-refractivity contribution in [2.45, 2.75) is 26.3 Å². The summed E-state index contributed by atoms with van der Waals surface area (Å²) in [6, 6.07) is 12.7. The number of thiazole rings is 1. The molecule has 0 aliphatic rings. The van der Waals surface area contributed by atoms with Gasteiger partial charge in [-0.15, -0.1) is 17.9 Å². The minimum absolute atomic E-state index is 0.208. The van der Waals surface area contributed by atoms with E-state index < -0.39 is 0 Å². The molecular weight excluding hydrogens is 372 g/mol. The Morgan fingerprint density at radius 3 is 2.75 bits per heavy atom. The van der Waals surface area contributed by atoms with Crippen LogP contribution < -0.4 is 10.5 Å². The molecule has 7 heteroatoms. The van der Waals surface area contributed by atoms with Crippen molar-refractivity contribution in [2.75, 3.05) is 11.4 Å². The number of anilines is 1. The Hall–Kier alpha value is -3.06. The topological polar surface area (TPSA) is 68.1 Å². The highest BCUT2D eigenvalue weighted by Gasteiger charge is 2.22. The summed E-state index contributed by atoms with van der Waals surface area (Å²) in [4.78, 5) is 31.2. The molecule has 0 aliphatic heterocycles. The SMILES string of the molecule is C=CCN(C(=O)c1ccc(=O)n(CCCC)n1)c1nc(-c2ccccc2)cs1. The predicted octanol–water partition coefficient (Wildman–Crippen LogP) is 4.00. The van der Waals surface area contributed by atoms with Crippen LogP contribution in [0.4, 0.5) is 5.13 Å². The summed E-state index contributed by atoms with van der Waals surface area (Å²) in [7, 11) is 0. The summed E-state index contributed by atoms with van der Waals surface area (Å²) >= 11 is 1.39. The molecular formula is C21H22N4O2S. The van der Waals surface area contributed by atoms with Gasteiger partial charge in [-0.05, 0) is 12.5 Å². The monoisotopic (exact) mass is 394 g/mol. The summed E-state index contributed by atoms with van der Waals surface area (Å²) in [5.41, 5.74) is 1.81. The summed E-state index contributed by atoms with van der Waals surface area (Å²) in [5, 5.41) is 6.75. The molecule has 0 atom stereocenters. The number of amides is 1. The van der Waals surface area contributed by atoms with Gasteiger partial charge in [-0.1, -0.05) is 49.8 Å². The highest BCUT2D eigenvalue weighted by molar-refractivity contribution is 7.14. The Labute approximate surface area is 167 Å². The lowest BCUT2D eigenvalue weighted by atomic mass is 10.2. The van der Waals surface area contributed by atoms with Crippen LogP contribution in [0.25, 0.3) is 11.3 Å². The first kappa shape index (κ1) is 19.7. The third kappa shape index (κ3) is 4.43. The molecule has 0 aliphatic carbocycles. The normalized spacial score (nSPS) is 10.6. The predicted molar refractivity (Wildman–Crippen MR) is 113 cm³/mol. The van der Waals surface area contributed by atoms with Crippen molar-refractivity contribution >= 4 is 22.4 Å². The lowest BCUT2D eigenvalue weighted by molar-refractivity contribution is 0.0982. The van der Waals surface area contributed by atoms with Crippen LogP contribution in [-0.2, 0) is 6.54 Å². The van der Waals surface area contributed by atoms with Gasteiger partial charge in [0, 0.05) is 30.1 Å². The fourth-order valence-corrected chi connectivity index (χ4v) is 3.52. The van der Waals surface area contributed by atoms with Gasteiger partial charge < -0.3 is 0 Å². The number of carbonyl (C=O) groups is 1. The molecule has 6 nitrogen and oxygen atoms in total. The third-order valence-electron chi connectivity index (χ3n) is 4.16. The summed E-state index contributed by atoms with van der Waals surface area (Å²) in [6.45, 7) is 6.58. The first-order valence-corrected chi connectivity index (χ1v) is 10.0. The van der Waals surface area contributed by atoms with E-state index in [4.69, 9.17) is 0 Å². The molecule has 28 heavy (non-hydrogen) atoms. The number of unbranched alkanes of at least 4 members (excludes halogenated alkanes) is 1. The van der Waals surface area contributed by atoms with Crippen molar-refractivity contribution in [3.63, 3.8) is 0 Å². The first-order chi connectivity index (χ1) is 13.6. The molecule has 1 amide bonds. The van der Waals surface area contributed by atoms with Crippen LogP contribution >= 0.6 is 11.3 Å². The molecule has 0 fully saturated rings. The number of rotatable bonds is 8. The fraction of sp³-hybridized carbons (Fsp3) is 0.238. The molecule has 144 valence electrons. The summed E-state index contributed by atoms with van der Waals surface area (Å²) < 4.78 is 1.35. The summed E-state index contributed by atoms with van der Waals surface area (Å²) in [5.74, 6) is -0.306. The van der Waals surface area contributed by atoms with Gasteiger partial charge in [0.15, 0.2) is 5.13 Å². The highest BCUT2D eigenvalue weighted by atomic mass is 32.1. The van der Waals surface area contributed by atoms with Crippen molar-refractivity contribution < 1.29 is 4.79 Å². The Kier molecular flexibility index (Phi) is 6.49. The van der Waals surface area contributed by atoms with Gasteiger partial charge in [0.1, 0.15) is 5.69 Å². The van der Waals surface area contributed by atoms with Crippen LogP contribution in [0.1, 0.15) is 30.3 Å². The number of aromatic nitrogens is 3. The lowest BCUT2D eigenvalue weighted by Crippen LogP contribution is -2.34. The van der Waals surface area contributed by atoms with Crippen molar-refractivity contribution in [1.29, 1.82) is 0 Å². The second kappa shape index (κ2) is 9.23. The van der Waals surface area contributed by atoms with Crippen molar-refractivity contribution in [2.24, 2.45) is 0 Å². The smallest absolute Gasteiger partial charge is 0.279 e. The van der Waals surface area contributed by atoms with Crippen LogP contribution in [0.3, 0.4) is 0 Å². The highest BCUT2D eigenvalue weighted by Crippen LogP contribution is 2.28. The van der Waals surface area contributed by atoms with Gasteiger partial charge in [-0.2, -0.15) is 5.10 Å². The number of nitrogens with zero attached hydrogens (tertiary/aromatic N) is 4. The Morgan fingerprint density at radius 2 is 2.04 bits per heavy atom. The molecule has 2 aromatic heterocycles. The Morgan fingerprint density at radius 1 is 1.25 bits per heavy atom. The molecule has 0 unspecified atom stereocenters. The van der Waals surface area contributed by atoms with E-state index in [1.54, 1.807) is 6.08 Å². The zero-order chi connectivity index (χ0) is 19.9. The molecule has 0 N–H and O–H groups in total. The molecule has 0 saturated carbocycles. The Balaban J connectivity index is 1.90. The lowest BCUT2D eigenvalue weighted by Gasteiger charge is -2.18. The Bertz CT molecular complexity index is 1010. The minimum atomic E-state index is -0.306. The van der Waals surface area contributed by atoms with Crippen molar-refractivity contribution in [1.82, 2.24) is 14.8 Å². The van der Waals surface area contributed by atoms with Crippen LogP contribution in [0, 0.1) is 0 Å². The average molecular weight is 394 g/mol. The van der Waals surface area contributed by atoms with Crippen LogP contribution in [0.2, 0.25) is 0 Å². The summed E-state index contributed by atoms with van der Waals surface area (Å²) in [6.07, 6.45) is 3.42. The van der Waals surface area contributed by atoms with Crippen molar-refractivity contribution in [3.8, 4) is 11.3 Å². The zero-order valence-corrected chi connectivity index (χ0v) is 16.6. The molecule has 0 radical (unpaired) electrons. The number of aryl methyl sites for hydroxylation is 1. The number of carbonyl (C=O) groups excluding carboxylic acids is 1. The van der Waals surface area contributed by atoms with Gasteiger partial charge in [0.25, 0.3) is 11.5 Å². The largest absolute Gasteiger partial charge is 0.280 e. The van der Waals surface area contributed by atoms with E-state index in [0.29, 0.717) is 18.2 Å². The standard InChI is InChI=1S/C21H22N4O2S/c1-3-5-14-25-19(26)12-11-17(23-25)20(27)24(13-4-2)21-22-18(15-28-21)16-9-7-6-8-10-16/h4,6-12,15H,2-3,5,13-14H2,1H3. The first-order valence-electron chi connectivity index (χ1n) is 9.16.